The third-order valence-corrected chi connectivity index (χ3v) is 3.69. The van der Waals surface area contributed by atoms with Gasteiger partial charge in [-0.3, -0.25) is 9.78 Å². The van der Waals surface area contributed by atoms with Crippen molar-refractivity contribution < 1.29 is 18.7 Å². The van der Waals surface area contributed by atoms with E-state index >= 15 is 0 Å². The number of hydrogen-bond acceptors (Lipinski definition) is 5. The topological polar surface area (TPSA) is 100 Å². The van der Waals surface area contributed by atoms with Gasteiger partial charge in [0.15, 0.2) is 0 Å². The molecular formula is C18H16FN3O3. The van der Waals surface area contributed by atoms with Crippen LogP contribution in [0.25, 0.3) is 10.9 Å². The predicted molar refractivity (Wildman–Crippen MR) is 91.9 cm³/mol. The minimum atomic E-state index is -0.581. The number of hydrogen-bond donors (Lipinski definition) is 2. The number of pyridine rings is 1. The van der Waals surface area contributed by atoms with Gasteiger partial charge < -0.3 is 20.9 Å². The molecule has 0 radical (unpaired) electrons. The average Bonchev–Trinajstić information content (AvgIpc) is 2.58. The van der Waals surface area contributed by atoms with Gasteiger partial charge in [0.05, 0.1) is 17.8 Å². The Morgan fingerprint density at radius 1 is 1.24 bits per heavy atom. The van der Waals surface area contributed by atoms with Crippen LogP contribution in [-0.4, -0.2) is 18.0 Å². The fourth-order valence-corrected chi connectivity index (χ4v) is 2.50. The normalized spacial score (nSPS) is 10.8. The lowest BCUT2D eigenvalue weighted by molar-refractivity contribution is 0.0995. The van der Waals surface area contributed by atoms with Crippen molar-refractivity contribution in [3.8, 4) is 11.5 Å². The molecule has 1 aromatic heterocycles. The summed E-state index contributed by atoms with van der Waals surface area (Å²) in [7, 11) is 1.53. The second kappa shape index (κ2) is 6.74. The number of carbonyl (C=O) groups excluding carboxylic acids is 1. The number of carbonyl (C=O) groups is 1. The molecule has 0 aliphatic rings. The standard InChI is InChI=1S/C18H16FN3O3/c1-24-9-10-6-16-13(8-12(10)18(21)23)17(4-5-22-16)25-11-2-3-15(20)14(19)7-11/h2-8H,9,20H2,1H3,(H2,21,23). The van der Waals surface area contributed by atoms with Crippen molar-refractivity contribution in [3.63, 3.8) is 0 Å². The fraction of sp³-hybridized carbons (Fsp3) is 0.111. The zero-order valence-corrected chi connectivity index (χ0v) is 13.5. The zero-order valence-electron chi connectivity index (χ0n) is 13.5. The van der Waals surface area contributed by atoms with Gasteiger partial charge in [0.2, 0.25) is 5.91 Å². The van der Waals surface area contributed by atoms with Crippen molar-refractivity contribution in [3.05, 3.63) is 59.5 Å². The average molecular weight is 341 g/mol. The first-order chi connectivity index (χ1) is 12.0. The first-order valence-corrected chi connectivity index (χ1v) is 7.43. The van der Waals surface area contributed by atoms with Gasteiger partial charge in [-0.15, -0.1) is 0 Å². The van der Waals surface area contributed by atoms with E-state index in [2.05, 4.69) is 4.98 Å². The molecular weight excluding hydrogens is 325 g/mol. The Labute approximate surface area is 143 Å². The van der Waals surface area contributed by atoms with Gasteiger partial charge in [-0.2, -0.15) is 0 Å². The SMILES string of the molecule is COCc1cc2nccc(Oc3ccc(N)c(F)c3)c2cc1C(N)=O. The van der Waals surface area contributed by atoms with Crippen molar-refractivity contribution in [1.29, 1.82) is 0 Å². The number of rotatable bonds is 5. The molecule has 7 heteroatoms. The van der Waals surface area contributed by atoms with Crippen LogP contribution < -0.4 is 16.2 Å². The first-order valence-electron chi connectivity index (χ1n) is 7.43. The number of fused-ring (bicyclic) bond motifs is 1. The van der Waals surface area contributed by atoms with Crippen LogP contribution in [0.5, 0.6) is 11.5 Å². The lowest BCUT2D eigenvalue weighted by Crippen LogP contribution is -2.14. The largest absolute Gasteiger partial charge is 0.456 e. The highest BCUT2D eigenvalue weighted by molar-refractivity contribution is 6.00. The lowest BCUT2D eigenvalue weighted by Gasteiger charge is -2.12. The van der Waals surface area contributed by atoms with E-state index in [1.165, 1.54) is 19.2 Å². The van der Waals surface area contributed by atoms with E-state index < -0.39 is 11.7 Å². The molecule has 0 aliphatic carbocycles. The van der Waals surface area contributed by atoms with Gasteiger partial charge in [0.1, 0.15) is 17.3 Å². The second-order valence-corrected chi connectivity index (χ2v) is 5.42. The molecule has 1 amide bonds. The Morgan fingerprint density at radius 3 is 2.72 bits per heavy atom. The molecule has 0 saturated carbocycles. The third-order valence-electron chi connectivity index (χ3n) is 3.69. The fourth-order valence-electron chi connectivity index (χ4n) is 2.50. The number of ether oxygens (including phenoxy) is 2. The summed E-state index contributed by atoms with van der Waals surface area (Å²) in [5.74, 6) is -0.459. The maximum atomic E-state index is 13.6. The van der Waals surface area contributed by atoms with Crippen molar-refractivity contribution in [2.75, 3.05) is 12.8 Å². The Morgan fingerprint density at radius 2 is 2.04 bits per heavy atom. The van der Waals surface area contributed by atoms with Crippen LogP contribution in [-0.2, 0) is 11.3 Å². The molecule has 2 aromatic carbocycles. The number of methoxy groups -OCH3 is 1. The summed E-state index contributed by atoms with van der Waals surface area (Å²) in [6.45, 7) is 0.226. The number of anilines is 1. The minimum absolute atomic E-state index is 0.0344. The summed E-state index contributed by atoms with van der Waals surface area (Å²) in [5.41, 5.74) is 12.5. The lowest BCUT2D eigenvalue weighted by atomic mass is 10.0. The second-order valence-electron chi connectivity index (χ2n) is 5.42. The van der Waals surface area contributed by atoms with E-state index in [1.54, 1.807) is 30.5 Å². The molecule has 0 atom stereocenters. The molecule has 4 N–H and O–H groups in total. The molecule has 0 bridgehead atoms. The van der Waals surface area contributed by atoms with Gasteiger partial charge in [-0.1, -0.05) is 0 Å². The smallest absolute Gasteiger partial charge is 0.249 e. The molecule has 0 aliphatic heterocycles. The third kappa shape index (κ3) is 3.36. The molecule has 3 rings (SSSR count). The number of halogens is 1. The monoisotopic (exact) mass is 341 g/mol. The van der Waals surface area contributed by atoms with Crippen molar-refractivity contribution in [2.45, 2.75) is 6.61 Å². The molecule has 0 fully saturated rings. The van der Waals surface area contributed by atoms with Crippen LogP contribution in [0.4, 0.5) is 10.1 Å². The predicted octanol–water partition coefficient (Wildman–Crippen LogP) is 2.99. The van der Waals surface area contributed by atoms with Crippen molar-refractivity contribution in [1.82, 2.24) is 4.98 Å². The number of amides is 1. The van der Waals surface area contributed by atoms with E-state index in [9.17, 15) is 9.18 Å². The number of nitrogens with zero attached hydrogens (tertiary/aromatic N) is 1. The minimum Gasteiger partial charge on any atom is -0.456 e. The Balaban J connectivity index is 2.10. The summed E-state index contributed by atoms with van der Waals surface area (Å²) < 4.78 is 24.5. The van der Waals surface area contributed by atoms with Crippen LogP contribution in [0.15, 0.2) is 42.6 Å². The number of nitrogen functional groups attached to an aromatic ring is 1. The number of primary amides is 1. The van der Waals surface area contributed by atoms with Crippen LogP contribution in [0, 0.1) is 5.82 Å². The summed E-state index contributed by atoms with van der Waals surface area (Å²) in [5, 5.41) is 0.577. The summed E-state index contributed by atoms with van der Waals surface area (Å²) in [6.07, 6.45) is 1.56. The first kappa shape index (κ1) is 16.7. The van der Waals surface area contributed by atoms with Crippen molar-refractivity contribution in [2.24, 2.45) is 5.73 Å². The summed E-state index contributed by atoms with van der Waals surface area (Å²) >= 11 is 0. The van der Waals surface area contributed by atoms with Crippen molar-refractivity contribution >= 4 is 22.5 Å². The zero-order chi connectivity index (χ0) is 18.0. The van der Waals surface area contributed by atoms with Gasteiger partial charge in [0.25, 0.3) is 0 Å². The molecule has 25 heavy (non-hydrogen) atoms. The van der Waals surface area contributed by atoms with Gasteiger partial charge in [-0.25, -0.2) is 4.39 Å². The van der Waals surface area contributed by atoms with Gasteiger partial charge >= 0.3 is 0 Å². The highest BCUT2D eigenvalue weighted by atomic mass is 19.1. The summed E-state index contributed by atoms with van der Waals surface area (Å²) in [6, 6.07) is 9.10. The number of benzene rings is 2. The van der Waals surface area contributed by atoms with E-state index in [1.807, 2.05) is 0 Å². The van der Waals surface area contributed by atoms with Gasteiger partial charge in [0, 0.05) is 30.3 Å². The van der Waals surface area contributed by atoms with E-state index in [0.717, 1.165) is 0 Å². The highest BCUT2D eigenvalue weighted by Gasteiger charge is 2.14. The number of nitrogens with two attached hydrogens (primary N) is 2. The molecule has 0 spiro atoms. The van der Waals surface area contributed by atoms with Crippen LogP contribution in [0.3, 0.4) is 0 Å². The Bertz CT molecular complexity index is 960. The Hall–Kier alpha value is -3.19. The van der Waals surface area contributed by atoms with Crippen LogP contribution >= 0.6 is 0 Å². The van der Waals surface area contributed by atoms with E-state index in [4.69, 9.17) is 20.9 Å². The number of aromatic nitrogens is 1. The molecule has 3 aromatic rings. The van der Waals surface area contributed by atoms with Gasteiger partial charge in [-0.05, 0) is 35.9 Å². The molecule has 128 valence electrons. The maximum absolute atomic E-state index is 13.6. The molecule has 0 unspecified atom stereocenters. The molecule has 1 heterocycles. The van der Waals surface area contributed by atoms with E-state index in [-0.39, 0.29) is 18.0 Å². The van der Waals surface area contributed by atoms with E-state index in [0.29, 0.717) is 27.8 Å². The Kier molecular flexibility index (Phi) is 4.49. The maximum Gasteiger partial charge on any atom is 0.249 e. The molecule has 6 nitrogen and oxygen atoms in total. The van der Waals surface area contributed by atoms with Crippen LogP contribution in [0.1, 0.15) is 15.9 Å². The quantitative estimate of drug-likeness (QED) is 0.695. The highest BCUT2D eigenvalue weighted by Crippen LogP contribution is 2.31. The summed E-state index contributed by atoms with van der Waals surface area (Å²) in [4.78, 5) is 16.0. The molecule has 0 saturated heterocycles. The van der Waals surface area contributed by atoms with Crippen LogP contribution in [0.2, 0.25) is 0 Å².